The summed E-state index contributed by atoms with van der Waals surface area (Å²) in [6, 6.07) is 15.0. The number of hydrogen-bond acceptors (Lipinski definition) is 3. The number of aryl methyl sites for hydroxylation is 1. The molecule has 1 N–H and O–H groups in total. The first-order valence-corrected chi connectivity index (χ1v) is 9.06. The van der Waals surface area contributed by atoms with E-state index in [4.69, 9.17) is 21.1 Å². The van der Waals surface area contributed by atoms with Crippen molar-refractivity contribution in [2.75, 3.05) is 7.11 Å². The fourth-order valence-corrected chi connectivity index (χ4v) is 2.61. The van der Waals surface area contributed by atoms with E-state index in [2.05, 4.69) is 5.32 Å². The van der Waals surface area contributed by atoms with Crippen molar-refractivity contribution in [2.45, 2.75) is 45.3 Å². The lowest BCUT2D eigenvalue weighted by Gasteiger charge is -2.27. The number of benzene rings is 2. The van der Waals surface area contributed by atoms with Gasteiger partial charge in [0, 0.05) is 11.1 Å². The van der Waals surface area contributed by atoms with Crippen LogP contribution in [0.3, 0.4) is 0 Å². The summed E-state index contributed by atoms with van der Waals surface area (Å²) in [4.78, 5) is 12.6. The topological polar surface area (TPSA) is 47.6 Å². The molecule has 140 valence electrons. The summed E-state index contributed by atoms with van der Waals surface area (Å²) >= 11 is 5.87. The zero-order chi connectivity index (χ0) is 19.2. The number of carbonyl (C=O) groups is 1. The van der Waals surface area contributed by atoms with Crippen LogP contribution in [0.4, 0.5) is 0 Å². The van der Waals surface area contributed by atoms with E-state index < -0.39 is 5.60 Å². The molecular formula is C21H26ClNO3. The molecule has 1 amide bonds. The van der Waals surface area contributed by atoms with Crippen molar-refractivity contribution in [3.05, 3.63) is 59.1 Å². The van der Waals surface area contributed by atoms with Gasteiger partial charge in [-0.2, -0.15) is 0 Å². The van der Waals surface area contributed by atoms with Crippen molar-refractivity contribution in [1.29, 1.82) is 0 Å². The first kappa shape index (κ1) is 20.1. The lowest BCUT2D eigenvalue weighted by atomic mass is 10.0. The second kappa shape index (κ2) is 8.95. The minimum atomic E-state index is -0.970. The SMILES string of the molecule is COc1ccc(CCC(C)NC(=O)C(C)(C)Oc2ccc(Cl)cc2)cc1. The molecule has 26 heavy (non-hydrogen) atoms. The smallest absolute Gasteiger partial charge is 0.263 e. The Balaban J connectivity index is 1.85. The maximum absolute atomic E-state index is 12.6. The minimum Gasteiger partial charge on any atom is -0.497 e. The predicted octanol–water partition coefficient (Wildman–Crippen LogP) is 4.64. The summed E-state index contributed by atoms with van der Waals surface area (Å²) in [6.45, 7) is 5.51. The number of nitrogens with one attached hydrogen (secondary N) is 1. The van der Waals surface area contributed by atoms with Crippen molar-refractivity contribution in [2.24, 2.45) is 0 Å². The zero-order valence-corrected chi connectivity index (χ0v) is 16.5. The normalized spacial score (nSPS) is 12.3. The van der Waals surface area contributed by atoms with Crippen LogP contribution in [-0.2, 0) is 11.2 Å². The monoisotopic (exact) mass is 375 g/mol. The zero-order valence-electron chi connectivity index (χ0n) is 15.7. The number of halogens is 1. The molecule has 0 heterocycles. The Labute approximate surface area is 160 Å². The maximum Gasteiger partial charge on any atom is 0.263 e. The molecule has 2 rings (SSSR count). The van der Waals surface area contributed by atoms with Gasteiger partial charge in [0.2, 0.25) is 0 Å². The second-order valence-electron chi connectivity index (χ2n) is 6.83. The van der Waals surface area contributed by atoms with Crippen LogP contribution in [0.25, 0.3) is 0 Å². The molecule has 0 bridgehead atoms. The highest BCUT2D eigenvalue weighted by Crippen LogP contribution is 2.21. The molecule has 2 aromatic rings. The van der Waals surface area contributed by atoms with Crippen LogP contribution < -0.4 is 14.8 Å². The first-order chi connectivity index (χ1) is 12.3. The van der Waals surface area contributed by atoms with Gasteiger partial charge in [-0.05, 0) is 75.6 Å². The van der Waals surface area contributed by atoms with Crippen molar-refractivity contribution >= 4 is 17.5 Å². The van der Waals surface area contributed by atoms with Crippen molar-refractivity contribution in [3.8, 4) is 11.5 Å². The van der Waals surface area contributed by atoms with Gasteiger partial charge < -0.3 is 14.8 Å². The molecule has 0 aliphatic carbocycles. The van der Waals surface area contributed by atoms with E-state index in [0.29, 0.717) is 10.8 Å². The van der Waals surface area contributed by atoms with Crippen LogP contribution in [0.15, 0.2) is 48.5 Å². The summed E-state index contributed by atoms with van der Waals surface area (Å²) < 4.78 is 11.0. The van der Waals surface area contributed by atoms with Gasteiger partial charge in [0.05, 0.1) is 7.11 Å². The fraction of sp³-hybridized carbons (Fsp3) is 0.381. The molecule has 4 nitrogen and oxygen atoms in total. The molecule has 0 fully saturated rings. The van der Waals surface area contributed by atoms with Gasteiger partial charge in [0.1, 0.15) is 11.5 Å². The molecule has 1 atom stereocenters. The minimum absolute atomic E-state index is 0.0395. The summed E-state index contributed by atoms with van der Waals surface area (Å²) in [5.74, 6) is 1.31. The molecular weight excluding hydrogens is 350 g/mol. The van der Waals surface area contributed by atoms with E-state index in [-0.39, 0.29) is 11.9 Å². The molecule has 0 spiro atoms. The fourth-order valence-electron chi connectivity index (χ4n) is 2.49. The van der Waals surface area contributed by atoms with Gasteiger partial charge in [0.15, 0.2) is 5.60 Å². The van der Waals surface area contributed by atoms with E-state index in [9.17, 15) is 4.79 Å². The summed E-state index contributed by atoms with van der Waals surface area (Å²) in [6.07, 6.45) is 1.72. The molecule has 0 radical (unpaired) electrons. The molecule has 0 saturated carbocycles. The van der Waals surface area contributed by atoms with Gasteiger partial charge in [-0.25, -0.2) is 0 Å². The number of amides is 1. The molecule has 0 aliphatic rings. The van der Waals surface area contributed by atoms with Crippen molar-refractivity contribution in [3.63, 3.8) is 0 Å². The molecule has 2 aromatic carbocycles. The Bertz CT molecular complexity index is 711. The standard InChI is InChI=1S/C21H26ClNO3/c1-15(5-6-16-7-11-18(25-4)12-8-16)23-20(24)21(2,3)26-19-13-9-17(22)10-14-19/h7-15H,5-6H2,1-4H3,(H,23,24). The maximum atomic E-state index is 12.6. The summed E-state index contributed by atoms with van der Waals surface area (Å²) in [5, 5.41) is 3.66. The van der Waals surface area contributed by atoms with Crippen LogP contribution >= 0.6 is 11.6 Å². The first-order valence-electron chi connectivity index (χ1n) is 8.68. The Hall–Kier alpha value is -2.20. The molecule has 1 unspecified atom stereocenters. The van der Waals surface area contributed by atoms with E-state index >= 15 is 0 Å². The molecule has 0 saturated heterocycles. The Morgan fingerprint density at radius 3 is 2.23 bits per heavy atom. The highest BCUT2D eigenvalue weighted by molar-refractivity contribution is 6.30. The highest BCUT2D eigenvalue weighted by Gasteiger charge is 2.30. The molecule has 0 aromatic heterocycles. The third kappa shape index (κ3) is 5.95. The van der Waals surface area contributed by atoms with E-state index in [1.165, 1.54) is 5.56 Å². The van der Waals surface area contributed by atoms with Gasteiger partial charge in [-0.3, -0.25) is 4.79 Å². The van der Waals surface area contributed by atoms with Gasteiger partial charge in [0.25, 0.3) is 5.91 Å². The predicted molar refractivity (Wildman–Crippen MR) is 105 cm³/mol. The average Bonchev–Trinajstić information content (AvgIpc) is 2.62. The molecule has 5 heteroatoms. The number of rotatable bonds is 8. The third-order valence-electron chi connectivity index (χ3n) is 4.14. The number of carbonyl (C=O) groups excluding carboxylic acids is 1. The van der Waals surface area contributed by atoms with Crippen LogP contribution in [0, 0.1) is 0 Å². The van der Waals surface area contributed by atoms with Crippen molar-refractivity contribution < 1.29 is 14.3 Å². The third-order valence-corrected chi connectivity index (χ3v) is 4.39. The summed E-state index contributed by atoms with van der Waals surface area (Å²) in [5.41, 5.74) is 0.242. The average molecular weight is 376 g/mol. The van der Waals surface area contributed by atoms with Gasteiger partial charge in [-0.15, -0.1) is 0 Å². The largest absolute Gasteiger partial charge is 0.497 e. The van der Waals surface area contributed by atoms with Crippen LogP contribution in [-0.4, -0.2) is 24.7 Å². The number of methoxy groups -OCH3 is 1. The van der Waals surface area contributed by atoms with Gasteiger partial charge >= 0.3 is 0 Å². The Morgan fingerprint density at radius 2 is 1.65 bits per heavy atom. The van der Waals surface area contributed by atoms with Crippen LogP contribution in [0.2, 0.25) is 5.02 Å². The molecule has 0 aliphatic heterocycles. The van der Waals surface area contributed by atoms with Gasteiger partial charge in [-0.1, -0.05) is 23.7 Å². The summed E-state index contributed by atoms with van der Waals surface area (Å²) in [7, 11) is 1.65. The van der Waals surface area contributed by atoms with Crippen LogP contribution in [0.5, 0.6) is 11.5 Å². The quantitative estimate of drug-likeness (QED) is 0.730. The lowest BCUT2D eigenvalue weighted by Crippen LogP contribution is -2.49. The van der Waals surface area contributed by atoms with Crippen molar-refractivity contribution in [1.82, 2.24) is 5.32 Å². The number of ether oxygens (including phenoxy) is 2. The Kier molecular flexibility index (Phi) is 6.92. The van der Waals surface area contributed by atoms with E-state index in [1.54, 1.807) is 45.2 Å². The number of hydrogen-bond donors (Lipinski definition) is 1. The van der Waals surface area contributed by atoms with E-state index in [1.807, 2.05) is 31.2 Å². The Morgan fingerprint density at radius 1 is 1.08 bits per heavy atom. The second-order valence-corrected chi connectivity index (χ2v) is 7.26. The van der Waals surface area contributed by atoms with E-state index in [0.717, 1.165) is 18.6 Å². The lowest BCUT2D eigenvalue weighted by molar-refractivity contribution is -0.134. The van der Waals surface area contributed by atoms with Crippen LogP contribution in [0.1, 0.15) is 32.8 Å². The highest BCUT2D eigenvalue weighted by atomic mass is 35.5.